The maximum absolute atomic E-state index is 10.9. The molecule has 7 heteroatoms. The summed E-state index contributed by atoms with van der Waals surface area (Å²) in [5.41, 5.74) is 20.3. The van der Waals surface area contributed by atoms with E-state index in [1.807, 2.05) is 0 Å². The largest absolute Gasteiger partial charge is 0.370 e. The number of hydrogen-bond donors (Lipinski definition) is 4. The summed E-state index contributed by atoms with van der Waals surface area (Å²) in [6.07, 6.45) is 0.858. The number of nitrogens with zero attached hydrogens (tertiary/aromatic N) is 1. The summed E-state index contributed by atoms with van der Waals surface area (Å²) in [5, 5.41) is 0. The van der Waals surface area contributed by atoms with Crippen molar-refractivity contribution in [3.05, 3.63) is 0 Å². The average Bonchev–Trinajstić information content (AvgIpc) is 2.10. The number of nitrogens with two attached hydrogens (primary N) is 4. The Kier molecular flexibility index (Phi) is 5.23. The second-order valence-corrected chi connectivity index (χ2v) is 2.78. The molecule has 0 aromatic heterocycles. The monoisotopic (exact) mass is 201 g/mol. The highest BCUT2D eigenvalue weighted by Gasteiger charge is 2.17. The zero-order valence-electron chi connectivity index (χ0n) is 7.77. The molecule has 14 heavy (non-hydrogen) atoms. The summed E-state index contributed by atoms with van der Waals surface area (Å²) in [5.74, 6) is -1.80. The summed E-state index contributed by atoms with van der Waals surface area (Å²) < 4.78 is 0. The normalized spacial score (nSPS) is 11.8. The number of aliphatic imine (C=N–C) groups is 1. The van der Waals surface area contributed by atoms with Crippen LogP contribution in [0.3, 0.4) is 0 Å². The lowest BCUT2D eigenvalue weighted by atomic mass is 10.1. The van der Waals surface area contributed by atoms with Gasteiger partial charge in [-0.2, -0.15) is 0 Å². The molecule has 80 valence electrons. The van der Waals surface area contributed by atoms with Gasteiger partial charge in [0.15, 0.2) is 5.96 Å². The van der Waals surface area contributed by atoms with Crippen LogP contribution in [-0.4, -0.2) is 30.2 Å². The number of amides is 1. The third-order valence-electron chi connectivity index (χ3n) is 1.55. The van der Waals surface area contributed by atoms with Gasteiger partial charge in [0.2, 0.25) is 5.78 Å². The van der Waals surface area contributed by atoms with Gasteiger partial charge in [-0.05, 0) is 12.8 Å². The van der Waals surface area contributed by atoms with Crippen LogP contribution in [0.2, 0.25) is 0 Å². The molecule has 0 rings (SSSR count). The summed E-state index contributed by atoms with van der Waals surface area (Å²) in [6, 6.07) is -0.860. The van der Waals surface area contributed by atoms with Crippen LogP contribution < -0.4 is 22.9 Å². The molecular weight excluding hydrogens is 186 g/mol. The highest BCUT2D eigenvalue weighted by molar-refractivity contribution is 6.37. The topological polar surface area (TPSA) is 151 Å². The van der Waals surface area contributed by atoms with Gasteiger partial charge in [-0.1, -0.05) is 0 Å². The van der Waals surface area contributed by atoms with Crippen LogP contribution in [0.15, 0.2) is 4.99 Å². The molecule has 8 N–H and O–H groups in total. The Morgan fingerprint density at radius 3 is 2.21 bits per heavy atom. The highest BCUT2D eigenvalue weighted by atomic mass is 16.2. The lowest BCUT2D eigenvalue weighted by molar-refractivity contribution is -0.136. The summed E-state index contributed by atoms with van der Waals surface area (Å²) in [6.45, 7) is 0.377. The zero-order valence-corrected chi connectivity index (χ0v) is 7.77. The van der Waals surface area contributed by atoms with Gasteiger partial charge in [0.1, 0.15) is 0 Å². The fourth-order valence-corrected chi connectivity index (χ4v) is 0.833. The average molecular weight is 201 g/mol. The maximum Gasteiger partial charge on any atom is 0.286 e. The number of guanidine groups is 1. The van der Waals surface area contributed by atoms with E-state index < -0.39 is 17.7 Å². The Bertz CT molecular complexity index is 246. The first kappa shape index (κ1) is 12.4. The van der Waals surface area contributed by atoms with Crippen LogP contribution in [-0.2, 0) is 9.59 Å². The fraction of sp³-hybridized carbons (Fsp3) is 0.571. The molecule has 0 spiro atoms. The minimum Gasteiger partial charge on any atom is -0.370 e. The van der Waals surface area contributed by atoms with Gasteiger partial charge >= 0.3 is 0 Å². The molecule has 0 fully saturated rings. The van der Waals surface area contributed by atoms with Crippen LogP contribution in [0, 0.1) is 0 Å². The van der Waals surface area contributed by atoms with Crippen molar-refractivity contribution >= 4 is 17.6 Å². The number of hydrogen-bond acceptors (Lipinski definition) is 4. The number of ketones is 1. The molecule has 1 amide bonds. The summed E-state index contributed by atoms with van der Waals surface area (Å²) in [4.78, 5) is 25.0. The second kappa shape index (κ2) is 5.92. The quantitative estimate of drug-likeness (QED) is 0.161. The lowest BCUT2D eigenvalue weighted by Crippen LogP contribution is -2.39. The lowest BCUT2D eigenvalue weighted by Gasteiger charge is -2.05. The first-order valence-corrected chi connectivity index (χ1v) is 4.09. The zero-order chi connectivity index (χ0) is 11.1. The molecule has 7 nitrogen and oxygen atoms in total. The smallest absolute Gasteiger partial charge is 0.286 e. The number of primary amides is 1. The molecule has 0 aliphatic rings. The molecule has 0 aliphatic carbocycles. The van der Waals surface area contributed by atoms with Crippen molar-refractivity contribution in [2.75, 3.05) is 6.54 Å². The molecule has 1 atom stereocenters. The van der Waals surface area contributed by atoms with E-state index in [1.54, 1.807) is 0 Å². The Hall–Kier alpha value is -1.63. The van der Waals surface area contributed by atoms with E-state index in [2.05, 4.69) is 4.99 Å². The molecule has 0 aromatic rings. The highest BCUT2D eigenvalue weighted by Crippen LogP contribution is 1.96. The predicted molar refractivity (Wildman–Crippen MR) is 52.1 cm³/mol. The fourth-order valence-electron chi connectivity index (χ4n) is 0.833. The first-order chi connectivity index (χ1) is 6.45. The Balaban J connectivity index is 3.75. The van der Waals surface area contributed by atoms with E-state index >= 15 is 0 Å². The molecule has 0 bridgehead atoms. The van der Waals surface area contributed by atoms with Crippen molar-refractivity contribution in [2.24, 2.45) is 27.9 Å². The SMILES string of the molecule is NC(=O)C(=O)C(N)CCCN=C(N)N. The van der Waals surface area contributed by atoms with Crippen molar-refractivity contribution in [1.29, 1.82) is 0 Å². The summed E-state index contributed by atoms with van der Waals surface area (Å²) in [7, 11) is 0. The van der Waals surface area contributed by atoms with Crippen molar-refractivity contribution in [3.63, 3.8) is 0 Å². The number of Topliss-reactive ketones (excluding diaryl/α,β-unsaturated/α-hetero) is 1. The van der Waals surface area contributed by atoms with E-state index in [-0.39, 0.29) is 5.96 Å². The van der Waals surface area contributed by atoms with E-state index in [4.69, 9.17) is 22.9 Å². The van der Waals surface area contributed by atoms with E-state index in [0.717, 1.165) is 0 Å². The standard InChI is InChI=1S/C7H15N5O2/c8-4(5(13)6(9)14)2-1-3-12-7(10)11/h4H,1-3,8H2,(H2,9,14)(H4,10,11,12). The molecule has 1 unspecified atom stereocenters. The van der Waals surface area contributed by atoms with Crippen LogP contribution in [0.25, 0.3) is 0 Å². The van der Waals surface area contributed by atoms with Gasteiger partial charge in [0, 0.05) is 6.54 Å². The van der Waals surface area contributed by atoms with E-state index in [0.29, 0.717) is 19.4 Å². The number of rotatable bonds is 6. The van der Waals surface area contributed by atoms with Crippen LogP contribution in [0.1, 0.15) is 12.8 Å². The molecule has 0 radical (unpaired) electrons. The minimum atomic E-state index is -1.01. The number of carbonyl (C=O) groups excluding carboxylic acids is 2. The first-order valence-electron chi connectivity index (χ1n) is 4.09. The van der Waals surface area contributed by atoms with Gasteiger partial charge in [0.05, 0.1) is 6.04 Å². The maximum atomic E-state index is 10.9. The third kappa shape index (κ3) is 5.09. The Labute approximate surface area is 81.5 Å². The predicted octanol–water partition coefficient (Wildman–Crippen LogP) is -2.58. The molecule has 0 heterocycles. The van der Waals surface area contributed by atoms with E-state index in [9.17, 15) is 9.59 Å². The van der Waals surface area contributed by atoms with Crippen LogP contribution >= 0.6 is 0 Å². The molecule has 0 aliphatic heterocycles. The summed E-state index contributed by atoms with van der Waals surface area (Å²) >= 11 is 0. The van der Waals surface area contributed by atoms with Crippen LogP contribution in [0.4, 0.5) is 0 Å². The van der Waals surface area contributed by atoms with Crippen LogP contribution in [0.5, 0.6) is 0 Å². The second-order valence-electron chi connectivity index (χ2n) is 2.78. The Morgan fingerprint density at radius 1 is 1.21 bits per heavy atom. The van der Waals surface area contributed by atoms with E-state index in [1.165, 1.54) is 0 Å². The molecular formula is C7H15N5O2. The minimum absolute atomic E-state index is 0.0141. The van der Waals surface area contributed by atoms with Crippen molar-refractivity contribution in [2.45, 2.75) is 18.9 Å². The van der Waals surface area contributed by atoms with Crippen molar-refractivity contribution in [1.82, 2.24) is 0 Å². The number of carbonyl (C=O) groups is 2. The van der Waals surface area contributed by atoms with Crippen molar-refractivity contribution < 1.29 is 9.59 Å². The molecule has 0 saturated heterocycles. The Morgan fingerprint density at radius 2 is 1.79 bits per heavy atom. The molecule has 0 aromatic carbocycles. The van der Waals surface area contributed by atoms with Gasteiger partial charge in [-0.15, -0.1) is 0 Å². The van der Waals surface area contributed by atoms with Gasteiger partial charge < -0.3 is 22.9 Å². The van der Waals surface area contributed by atoms with Gasteiger partial charge in [-0.25, -0.2) is 0 Å². The third-order valence-corrected chi connectivity index (χ3v) is 1.55. The van der Waals surface area contributed by atoms with Gasteiger partial charge in [0.25, 0.3) is 5.91 Å². The van der Waals surface area contributed by atoms with Crippen molar-refractivity contribution in [3.8, 4) is 0 Å². The molecule has 0 saturated carbocycles. The van der Waals surface area contributed by atoms with Gasteiger partial charge in [-0.3, -0.25) is 14.6 Å².